The number of pyridine rings is 1. The molecule has 2 heterocycles. The van der Waals surface area contributed by atoms with Crippen LogP contribution >= 0.6 is 0 Å². The number of fused-ring (bicyclic) bond motifs is 1. The molecule has 0 atom stereocenters. The zero-order valence-corrected chi connectivity index (χ0v) is 11.5. The van der Waals surface area contributed by atoms with E-state index in [9.17, 15) is 4.79 Å². The number of hydrogen-bond acceptors (Lipinski definition) is 3. The van der Waals surface area contributed by atoms with E-state index in [2.05, 4.69) is 4.98 Å². The number of carbonyl (C=O) groups excluding carboxylic acids is 1. The third-order valence-corrected chi connectivity index (χ3v) is 3.37. The molecule has 3 heteroatoms. The van der Waals surface area contributed by atoms with E-state index in [0.29, 0.717) is 23.5 Å². The maximum absolute atomic E-state index is 12.6. The molecule has 0 saturated carbocycles. The summed E-state index contributed by atoms with van der Waals surface area (Å²) in [6, 6.07) is 7.70. The van der Waals surface area contributed by atoms with Gasteiger partial charge in [0.2, 0.25) is 0 Å². The van der Waals surface area contributed by atoms with Gasteiger partial charge in [-0.3, -0.25) is 9.78 Å². The molecule has 0 saturated heterocycles. The molecule has 0 N–H and O–H groups in total. The van der Waals surface area contributed by atoms with Crippen molar-refractivity contribution in [1.82, 2.24) is 4.98 Å². The zero-order valence-electron chi connectivity index (χ0n) is 11.5. The van der Waals surface area contributed by atoms with Crippen molar-refractivity contribution in [2.24, 2.45) is 0 Å². The number of carbonyl (C=O) groups is 1. The highest BCUT2D eigenvalue weighted by Crippen LogP contribution is 2.31. The van der Waals surface area contributed by atoms with Gasteiger partial charge in [-0.25, -0.2) is 0 Å². The van der Waals surface area contributed by atoms with Gasteiger partial charge in [-0.1, -0.05) is 12.1 Å². The number of ether oxygens (including phenoxy) is 1. The first-order valence-corrected chi connectivity index (χ1v) is 6.54. The predicted octanol–water partition coefficient (Wildman–Crippen LogP) is 3.36. The topological polar surface area (TPSA) is 39.2 Å². The molecule has 0 radical (unpaired) electrons. The van der Waals surface area contributed by atoms with Crippen molar-refractivity contribution in [2.45, 2.75) is 13.8 Å². The van der Waals surface area contributed by atoms with Crippen LogP contribution in [0.3, 0.4) is 0 Å². The number of aryl methyl sites for hydroxylation is 2. The van der Waals surface area contributed by atoms with Gasteiger partial charge in [0.15, 0.2) is 5.78 Å². The van der Waals surface area contributed by atoms with E-state index >= 15 is 0 Å². The Bertz CT molecular complexity index is 702. The number of nitrogens with zero attached hydrogens (tertiary/aromatic N) is 1. The van der Waals surface area contributed by atoms with E-state index in [-0.39, 0.29) is 5.78 Å². The molecule has 0 aliphatic carbocycles. The summed E-state index contributed by atoms with van der Waals surface area (Å²) in [6.07, 6.45) is 5.29. The first-order chi connectivity index (χ1) is 9.65. The number of hydrogen-bond donors (Lipinski definition) is 0. The zero-order chi connectivity index (χ0) is 14.1. The van der Waals surface area contributed by atoms with E-state index in [4.69, 9.17) is 4.74 Å². The minimum absolute atomic E-state index is 0.0487. The van der Waals surface area contributed by atoms with E-state index < -0.39 is 0 Å². The second-order valence-electron chi connectivity index (χ2n) is 5.03. The van der Waals surface area contributed by atoms with Crippen LogP contribution < -0.4 is 4.74 Å². The molecule has 0 unspecified atom stereocenters. The van der Waals surface area contributed by atoms with Crippen LogP contribution in [0, 0.1) is 13.8 Å². The number of rotatable bonds is 1. The lowest BCUT2D eigenvalue weighted by atomic mass is 9.94. The van der Waals surface area contributed by atoms with Crippen molar-refractivity contribution in [3.8, 4) is 5.75 Å². The highest BCUT2D eigenvalue weighted by Gasteiger charge is 2.25. The van der Waals surface area contributed by atoms with Gasteiger partial charge in [0.25, 0.3) is 0 Å². The summed E-state index contributed by atoms with van der Waals surface area (Å²) in [7, 11) is 0. The predicted molar refractivity (Wildman–Crippen MR) is 78.0 cm³/mol. The van der Waals surface area contributed by atoms with Gasteiger partial charge >= 0.3 is 0 Å². The second kappa shape index (κ2) is 4.93. The van der Waals surface area contributed by atoms with Crippen molar-refractivity contribution in [3.05, 3.63) is 64.5 Å². The van der Waals surface area contributed by atoms with E-state index in [0.717, 1.165) is 16.7 Å². The number of Topliss-reactive ketones (excluding diaryl/α,β-unsaturated/α-hetero) is 1. The summed E-state index contributed by atoms with van der Waals surface area (Å²) < 4.78 is 5.73. The number of aromatic nitrogens is 1. The minimum Gasteiger partial charge on any atom is -0.488 e. The summed E-state index contributed by atoms with van der Waals surface area (Å²) >= 11 is 0. The minimum atomic E-state index is 0.0487. The summed E-state index contributed by atoms with van der Waals surface area (Å²) in [4.78, 5) is 16.6. The highest BCUT2D eigenvalue weighted by atomic mass is 16.5. The third-order valence-electron chi connectivity index (χ3n) is 3.37. The van der Waals surface area contributed by atoms with Gasteiger partial charge in [-0.2, -0.15) is 0 Å². The lowest BCUT2D eigenvalue weighted by Gasteiger charge is -2.21. The fourth-order valence-electron chi connectivity index (χ4n) is 2.48. The Morgan fingerprint density at radius 3 is 2.90 bits per heavy atom. The molecule has 1 aromatic heterocycles. The molecule has 3 nitrogen and oxygen atoms in total. The smallest absolute Gasteiger partial charge is 0.196 e. The Kier molecular flexibility index (Phi) is 3.11. The highest BCUT2D eigenvalue weighted by molar-refractivity contribution is 6.14. The summed E-state index contributed by atoms with van der Waals surface area (Å²) in [5, 5.41) is 0. The van der Waals surface area contributed by atoms with E-state index in [1.165, 1.54) is 0 Å². The standard InChI is InChI=1S/C17H15NO2/c1-11-6-12(2)16-15(7-11)20-10-14(17(16)19)8-13-4-3-5-18-9-13/h3-9H,10H2,1-2H3/b14-8+. The average Bonchev–Trinajstić information content (AvgIpc) is 2.42. The lowest BCUT2D eigenvalue weighted by molar-refractivity contribution is 0.1000. The van der Waals surface area contributed by atoms with Crippen LogP contribution in [-0.4, -0.2) is 17.4 Å². The molecular weight excluding hydrogens is 250 g/mol. The Balaban J connectivity index is 2.04. The molecular formula is C17H15NO2. The SMILES string of the molecule is Cc1cc(C)c2c(c1)OC/C(=C\c1cccnc1)C2=O. The van der Waals surface area contributed by atoms with Crippen molar-refractivity contribution in [3.63, 3.8) is 0 Å². The maximum atomic E-state index is 12.6. The average molecular weight is 265 g/mol. The Morgan fingerprint density at radius 1 is 1.30 bits per heavy atom. The van der Waals surface area contributed by atoms with Crippen molar-refractivity contribution in [1.29, 1.82) is 0 Å². The largest absolute Gasteiger partial charge is 0.488 e. The van der Waals surface area contributed by atoms with E-state index in [1.54, 1.807) is 12.4 Å². The van der Waals surface area contributed by atoms with Gasteiger partial charge < -0.3 is 4.74 Å². The molecule has 3 rings (SSSR count). The summed E-state index contributed by atoms with van der Waals surface area (Å²) in [5.74, 6) is 0.739. The van der Waals surface area contributed by atoms with Crippen LogP contribution in [0.25, 0.3) is 6.08 Å². The summed E-state index contributed by atoms with van der Waals surface area (Å²) in [5.41, 5.74) is 4.32. The van der Waals surface area contributed by atoms with Crippen LogP contribution in [0.4, 0.5) is 0 Å². The molecule has 0 bridgehead atoms. The maximum Gasteiger partial charge on any atom is 0.196 e. The van der Waals surface area contributed by atoms with Crippen LogP contribution in [0.1, 0.15) is 27.0 Å². The van der Waals surface area contributed by atoms with Crippen LogP contribution in [-0.2, 0) is 0 Å². The van der Waals surface area contributed by atoms with Gasteiger partial charge in [0, 0.05) is 18.0 Å². The second-order valence-corrected chi connectivity index (χ2v) is 5.03. The molecule has 0 spiro atoms. The van der Waals surface area contributed by atoms with Crippen molar-refractivity contribution in [2.75, 3.05) is 6.61 Å². The monoisotopic (exact) mass is 265 g/mol. The quantitative estimate of drug-likeness (QED) is 0.742. The summed E-state index contributed by atoms with van der Waals surface area (Å²) in [6.45, 7) is 4.26. The third kappa shape index (κ3) is 2.23. The van der Waals surface area contributed by atoms with E-state index in [1.807, 2.05) is 44.2 Å². The molecule has 1 aromatic carbocycles. The number of ketones is 1. The Morgan fingerprint density at radius 2 is 2.15 bits per heavy atom. The first-order valence-electron chi connectivity index (χ1n) is 6.54. The molecule has 100 valence electrons. The van der Waals surface area contributed by atoms with Crippen LogP contribution in [0.15, 0.2) is 42.2 Å². The Labute approximate surface area is 117 Å². The van der Waals surface area contributed by atoms with Gasteiger partial charge in [-0.05, 0) is 48.7 Å². The van der Waals surface area contributed by atoms with Gasteiger partial charge in [-0.15, -0.1) is 0 Å². The fourth-order valence-corrected chi connectivity index (χ4v) is 2.48. The van der Waals surface area contributed by atoms with Crippen LogP contribution in [0.2, 0.25) is 0 Å². The first kappa shape index (κ1) is 12.6. The molecule has 20 heavy (non-hydrogen) atoms. The van der Waals surface area contributed by atoms with Gasteiger partial charge in [0.1, 0.15) is 12.4 Å². The lowest BCUT2D eigenvalue weighted by Crippen LogP contribution is -2.20. The Hall–Kier alpha value is -2.42. The molecule has 1 aliphatic rings. The van der Waals surface area contributed by atoms with Crippen molar-refractivity contribution >= 4 is 11.9 Å². The molecule has 0 fully saturated rings. The molecule has 1 aliphatic heterocycles. The van der Waals surface area contributed by atoms with Crippen molar-refractivity contribution < 1.29 is 9.53 Å². The van der Waals surface area contributed by atoms with Gasteiger partial charge in [0.05, 0.1) is 5.56 Å². The fraction of sp³-hybridized carbons (Fsp3) is 0.176. The molecule has 0 amide bonds. The van der Waals surface area contributed by atoms with Crippen LogP contribution in [0.5, 0.6) is 5.75 Å². The normalized spacial score (nSPS) is 15.9. The number of benzene rings is 1. The molecule has 2 aromatic rings.